The second kappa shape index (κ2) is 7.56. The SMILES string of the molecule is N#Cc1ccc(N)c(-c2c(N)cccc2S(=O)(=O)NS(=O)(=O)c2ccccc2)c1. The molecule has 0 spiro atoms. The molecule has 8 nitrogen and oxygen atoms in total. The van der Waals surface area contributed by atoms with Crippen LogP contribution in [0.15, 0.2) is 76.5 Å². The predicted molar refractivity (Wildman–Crippen MR) is 109 cm³/mol. The number of nitrogens with two attached hydrogens (primary N) is 2. The van der Waals surface area contributed by atoms with Crippen molar-refractivity contribution < 1.29 is 16.8 Å². The fourth-order valence-corrected chi connectivity index (χ4v) is 5.91. The van der Waals surface area contributed by atoms with E-state index in [-0.39, 0.29) is 37.9 Å². The highest BCUT2D eigenvalue weighted by Crippen LogP contribution is 2.37. The van der Waals surface area contributed by atoms with Crippen LogP contribution in [0.1, 0.15) is 5.56 Å². The highest BCUT2D eigenvalue weighted by Gasteiger charge is 2.28. The fraction of sp³-hybridized carbons (Fsp3) is 0. The van der Waals surface area contributed by atoms with E-state index >= 15 is 0 Å². The number of nitrogens with zero attached hydrogens (tertiary/aromatic N) is 1. The van der Waals surface area contributed by atoms with E-state index in [0.717, 1.165) is 0 Å². The van der Waals surface area contributed by atoms with E-state index in [0.29, 0.717) is 0 Å². The Kier molecular flexibility index (Phi) is 5.30. The Morgan fingerprint density at radius 3 is 2.14 bits per heavy atom. The van der Waals surface area contributed by atoms with Crippen LogP contribution in [0.25, 0.3) is 11.1 Å². The number of sulfonamides is 2. The standard InChI is InChI=1S/C19H16N4O4S2/c20-12-13-9-10-16(21)15(11-13)19-17(22)7-4-8-18(19)29(26,27)23-28(24,25)14-5-2-1-3-6-14/h1-11,23H,21-22H2. The van der Waals surface area contributed by atoms with Gasteiger partial charge in [-0.15, -0.1) is 4.13 Å². The third-order valence-corrected chi connectivity index (χ3v) is 7.64. The molecule has 0 aliphatic rings. The van der Waals surface area contributed by atoms with E-state index in [9.17, 15) is 16.8 Å². The van der Waals surface area contributed by atoms with Crippen LogP contribution < -0.4 is 15.6 Å². The first-order valence-electron chi connectivity index (χ1n) is 8.18. The Bertz CT molecular complexity index is 1330. The molecule has 10 heteroatoms. The minimum Gasteiger partial charge on any atom is -0.398 e. The lowest BCUT2D eigenvalue weighted by Gasteiger charge is -2.16. The molecule has 0 unspecified atom stereocenters. The number of nitrogen functional groups attached to an aromatic ring is 2. The highest BCUT2D eigenvalue weighted by atomic mass is 32.3. The highest BCUT2D eigenvalue weighted by molar-refractivity contribution is 8.04. The topological polar surface area (TPSA) is 156 Å². The van der Waals surface area contributed by atoms with Crippen LogP contribution in [-0.2, 0) is 20.0 Å². The Morgan fingerprint density at radius 1 is 0.793 bits per heavy atom. The van der Waals surface area contributed by atoms with Crippen molar-refractivity contribution in [1.82, 2.24) is 4.13 Å². The molecule has 0 aliphatic carbocycles. The second-order valence-corrected chi connectivity index (χ2v) is 9.63. The number of nitriles is 1. The molecule has 5 N–H and O–H groups in total. The van der Waals surface area contributed by atoms with Crippen LogP contribution in [0.3, 0.4) is 0 Å². The molecule has 0 radical (unpaired) electrons. The number of benzene rings is 3. The molecule has 0 saturated carbocycles. The zero-order chi connectivity index (χ0) is 21.2. The molecule has 0 bridgehead atoms. The van der Waals surface area contributed by atoms with Crippen molar-refractivity contribution in [3.63, 3.8) is 0 Å². The van der Waals surface area contributed by atoms with Crippen molar-refractivity contribution in [2.75, 3.05) is 11.5 Å². The van der Waals surface area contributed by atoms with E-state index in [4.69, 9.17) is 16.7 Å². The van der Waals surface area contributed by atoms with Crippen LogP contribution in [0, 0.1) is 11.3 Å². The van der Waals surface area contributed by atoms with E-state index in [1.807, 2.05) is 6.07 Å². The minimum atomic E-state index is -4.56. The van der Waals surface area contributed by atoms with Gasteiger partial charge in [-0.05, 0) is 42.5 Å². The molecule has 0 aromatic heterocycles. The van der Waals surface area contributed by atoms with Crippen LogP contribution in [-0.4, -0.2) is 16.8 Å². The molecule has 0 heterocycles. The fourth-order valence-electron chi connectivity index (χ4n) is 2.74. The normalized spacial score (nSPS) is 11.7. The van der Waals surface area contributed by atoms with E-state index in [1.165, 1.54) is 60.7 Å². The monoisotopic (exact) mass is 428 g/mol. The Morgan fingerprint density at radius 2 is 1.48 bits per heavy atom. The summed E-state index contributed by atoms with van der Waals surface area (Å²) in [6, 6.07) is 17.4. The lowest BCUT2D eigenvalue weighted by Crippen LogP contribution is -2.31. The maximum absolute atomic E-state index is 13.0. The van der Waals surface area contributed by atoms with Gasteiger partial charge in [-0.1, -0.05) is 24.3 Å². The van der Waals surface area contributed by atoms with Gasteiger partial charge in [0, 0.05) is 22.5 Å². The van der Waals surface area contributed by atoms with Gasteiger partial charge >= 0.3 is 0 Å². The summed E-state index contributed by atoms with van der Waals surface area (Å²) in [5.41, 5.74) is 12.7. The molecule has 0 fully saturated rings. The van der Waals surface area contributed by atoms with Gasteiger partial charge in [0.25, 0.3) is 20.0 Å². The lowest BCUT2D eigenvalue weighted by atomic mass is 10.00. The Hall–Kier alpha value is -3.39. The van der Waals surface area contributed by atoms with Gasteiger partial charge in [-0.3, -0.25) is 0 Å². The van der Waals surface area contributed by atoms with Gasteiger partial charge in [0.2, 0.25) is 0 Å². The number of nitrogens with one attached hydrogen (secondary N) is 1. The molecule has 148 valence electrons. The molecule has 0 saturated heterocycles. The summed E-state index contributed by atoms with van der Waals surface area (Å²) in [6.07, 6.45) is 0. The second-order valence-electron chi connectivity index (χ2n) is 6.04. The van der Waals surface area contributed by atoms with Crippen LogP contribution >= 0.6 is 0 Å². The summed E-state index contributed by atoms with van der Waals surface area (Å²) in [5, 5.41) is 9.15. The molecule has 0 aliphatic heterocycles. The predicted octanol–water partition coefficient (Wildman–Crippen LogP) is 2.06. The largest absolute Gasteiger partial charge is 0.398 e. The summed E-state index contributed by atoms with van der Waals surface area (Å²) in [7, 11) is -8.92. The van der Waals surface area contributed by atoms with E-state index in [1.54, 1.807) is 10.2 Å². The maximum Gasteiger partial charge on any atom is 0.254 e. The third kappa shape index (κ3) is 4.07. The van der Waals surface area contributed by atoms with Crippen molar-refractivity contribution in [2.24, 2.45) is 0 Å². The van der Waals surface area contributed by atoms with Gasteiger partial charge in [0.05, 0.1) is 21.4 Å². The molecule has 3 aromatic carbocycles. The lowest BCUT2D eigenvalue weighted by molar-refractivity contribution is 0.577. The molecule has 3 rings (SSSR count). The number of rotatable bonds is 5. The molecular weight excluding hydrogens is 412 g/mol. The number of anilines is 2. The Balaban J connectivity index is 2.18. The third-order valence-electron chi connectivity index (χ3n) is 4.07. The van der Waals surface area contributed by atoms with E-state index in [2.05, 4.69) is 0 Å². The summed E-state index contributed by atoms with van der Waals surface area (Å²) < 4.78 is 52.8. The molecule has 0 amide bonds. The first-order chi connectivity index (χ1) is 13.7. The summed E-state index contributed by atoms with van der Waals surface area (Å²) in [4.78, 5) is -0.584. The van der Waals surface area contributed by atoms with Gasteiger partial charge in [0.1, 0.15) is 0 Å². The Labute approximate surface area is 168 Å². The quantitative estimate of drug-likeness (QED) is 0.525. The van der Waals surface area contributed by atoms with Crippen molar-refractivity contribution in [1.29, 1.82) is 5.26 Å². The summed E-state index contributed by atoms with van der Waals surface area (Å²) in [5.74, 6) is 0. The van der Waals surface area contributed by atoms with Crippen molar-refractivity contribution in [3.8, 4) is 17.2 Å². The smallest absolute Gasteiger partial charge is 0.254 e. The van der Waals surface area contributed by atoms with Gasteiger partial charge in [-0.2, -0.15) is 5.26 Å². The summed E-state index contributed by atoms with van der Waals surface area (Å²) in [6.45, 7) is 0. The zero-order valence-electron chi connectivity index (χ0n) is 14.9. The maximum atomic E-state index is 13.0. The number of hydrogen-bond acceptors (Lipinski definition) is 7. The molecule has 0 atom stereocenters. The van der Waals surface area contributed by atoms with Crippen molar-refractivity contribution in [2.45, 2.75) is 9.79 Å². The summed E-state index contributed by atoms with van der Waals surface area (Å²) >= 11 is 0. The molecule has 3 aromatic rings. The van der Waals surface area contributed by atoms with Gasteiger partial charge < -0.3 is 11.5 Å². The van der Waals surface area contributed by atoms with Crippen molar-refractivity contribution >= 4 is 31.4 Å². The van der Waals surface area contributed by atoms with Gasteiger partial charge in [0.15, 0.2) is 0 Å². The van der Waals surface area contributed by atoms with Gasteiger partial charge in [-0.25, -0.2) is 16.8 Å². The molecule has 29 heavy (non-hydrogen) atoms. The molecular formula is C19H16N4O4S2. The first kappa shape index (κ1) is 20.3. The van der Waals surface area contributed by atoms with Crippen LogP contribution in [0.2, 0.25) is 0 Å². The first-order valence-corrected chi connectivity index (χ1v) is 11.1. The zero-order valence-corrected chi connectivity index (χ0v) is 16.5. The average Bonchev–Trinajstić information content (AvgIpc) is 2.68. The van der Waals surface area contributed by atoms with Crippen LogP contribution in [0.5, 0.6) is 0 Å². The van der Waals surface area contributed by atoms with Crippen molar-refractivity contribution in [3.05, 3.63) is 72.3 Å². The van der Waals surface area contributed by atoms with E-state index < -0.39 is 20.0 Å². The van der Waals surface area contributed by atoms with Crippen LogP contribution in [0.4, 0.5) is 11.4 Å². The number of hydrogen-bond donors (Lipinski definition) is 3. The minimum absolute atomic E-state index is 0.0119. The average molecular weight is 428 g/mol.